The van der Waals surface area contributed by atoms with Gasteiger partial charge < -0.3 is 9.52 Å². The van der Waals surface area contributed by atoms with Gasteiger partial charge in [0, 0.05) is 12.6 Å². The molecule has 0 saturated heterocycles. The van der Waals surface area contributed by atoms with Crippen LogP contribution in [0.15, 0.2) is 28.9 Å². The standard InChI is InChI=1S/C15H16Cl2N2O3/c1-9(2)19(6-10-3-4-11(16)12(17)5-10)7-14-18-13(8-22-14)15(20)21/h3-5,8-9H,6-7H2,1-2H3,(H,20,21). The van der Waals surface area contributed by atoms with Crippen LogP contribution >= 0.6 is 23.2 Å². The average molecular weight is 343 g/mol. The Morgan fingerprint density at radius 3 is 2.59 bits per heavy atom. The zero-order chi connectivity index (χ0) is 16.3. The van der Waals surface area contributed by atoms with Gasteiger partial charge in [0.15, 0.2) is 5.69 Å². The smallest absolute Gasteiger partial charge is 0.357 e. The van der Waals surface area contributed by atoms with Gasteiger partial charge in [-0.05, 0) is 31.5 Å². The van der Waals surface area contributed by atoms with Crippen molar-refractivity contribution in [3.8, 4) is 0 Å². The van der Waals surface area contributed by atoms with Gasteiger partial charge in [0.2, 0.25) is 5.89 Å². The Morgan fingerprint density at radius 2 is 2.05 bits per heavy atom. The van der Waals surface area contributed by atoms with E-state index in [1.54, 1.807) is 6.07 Å². The number of rotatable bonds is 6. The molecular weight excluding hydrogens is 327 g/mol. The van der Waals surface area contributed by atoms with E-state index in [1.165, 1.54) is 0 Å². The summed E-state index contributed by atoms with van der Waals surface area (Å²) < 4.78 is 5.21. The SMILES string of the molecule is CC(C)N(Cc1ccc(Cl)c(Cl)c1)Cc1nc(C(=O)O)co1. The van der Waals surface area contributed by atoms with Crippen LogP contribution in [0.4, 0.5) is 0 Å². The minimum absolute atomic E-state index is 0.0896. The molecule has 0 aliphatic rings. The number of hydrogen-bond acceptors (Lipinski definition) is 4. The molecule has 0 aliphatic heterocycles. The van der Waals surface area contributed by atoms with E-state index >= 15 is 0 Å². The summed E-state index contributed by atoms with van der Waals surface area (Å²) in [7, 11) is 0. The van der Waals surface area contributed by atoms with Crippen LogP contribution in [0.3, 0.4) is 0 Å². The van der Waals surface area contributed by atoms with E-state index in [-0.39, 0.29) is 11.7 Å². The lowest BCUT2D eigenvalue weighted by Gasteiger charge is -2.25. The molecule has 0 bridgehead atoms. The van der Waals surface area contributed by atoms with Crippen LogP contribution in [-0.4, -0.2) is 27.0 Å². The Morgan fingerprint density at radius 1 is 1.32 bits per heavy atom. The highest BCUT2D eigenvalue weighted by atomic mass is 35.5. The second-order valence-electron chi connectivity index (χ2n) is 5.18. The number of carboxylic acids is 1. The Labute approximate surface area is 138 Å². The number of benzene rings is 1. The Balaban J connectivity index is 2.12. The summed E-state index contributed by atoms with van der Waals surface area (Å²) in [5.74, 6) is -0.734. The molecule has 0 aliphatic carbocycles. The molecule has 7 heteroatoms. The fraction of sp³-hybridized carbons (Fsp3) is 0.333. The van der Waals surface area contributed by atoms with Crippen molar-refractivity contribution in [2.75, 3.05) is 0 Å². The lowest BCUT2D eigenvalue weighted by molar-refractivity contribution is 0.0690. The molecule has 0 radical (unpaired) electrons. The predicted molar refractivity (Wildman–Crippen MR) is 84.3 cm³/mol. The van der Waals surface area contributed by atoms with E-state index in [0.29, 0.717) is 29.0 Å². The molecule has 2 rings (SSSR count). The number of carboxylic acid groups (broad SMARTS) is 1. The molecule has 22 heavy (non-hydrogen) atoms. The van der Waals surface area contributed by atoms with Gasteiger partial charge in [0.05, 0.1) is 16.6 Å². The third-order valence-electron chi connectivity index (χ3n) is 3.21. The summed E-state index contributed by atoms with van der Waals surface area (Å²) in [5, 5.41) is 9.89. The zero-order valence-electron chi connectivity index (χ0n) is 12.2. The first-order chi connectivity index (χ1) is 10.4. The monoisotopic (exact) mass is 342 g/mol. The van der Waals surface area contributed by atoms with Crippen molar-refractivity contribution in [3.05, 3.63) is 51.7 Å². The quantitative estimate of drug-likeness (QED) is 0.856. The number of hydrogen-bond donors (Lipinski definition) is 1. The van der Waals surface area contributed by atoms with Crippen molar-refractivity contribution >= 4 is 29.2 Å². The van der Waals surface area contributed by atoms with Gasteiger partial charge in [0.1, 0.15) is 6.26 Å². The third-order valence-corrected chi connectivity index (χ3v) is 3.95. The number of nitrogens with zero attached hydrogens (tertiary/aromatic N) is 2. The third kappa shape index (κ3) is 4.22. The van der Waals surface area contributed by atoms with Gasteiger partial charge >= 0.3 is 5.97 Å². The molecule has 0 fully saturated rings. The van der Waals surface area contributed by atoms with Gasteiger partial charge in [-0.3, -0.25) is 4.90 Å². The van der Waals surface area contributed by atoms with E-state index in [1.807, 2.05) is 26.0 Å². The number of aromatic carboxylic acids is 1. The second-order valence-corrected chi connectivity index (χ2v) is 5.99. The summed E-state index contributed by atoms with van der Waals surface area (Å²) in [4.78, 5) is 16.9. The van der Waals surface area contributed by atoms with E-state index in [2.05, 4.69) is 9.88 Å². The second kappa shape index (κ2) is 7.13. The van der Waals surface area contributed by atoms with Crippen molar-refractivity contribution < 1.29 is 14.3 Å². The first-order valence-electron chi connectivity index (χ1n) is 6.72. The van der Waals surface area contributed by atoms with Crippen molar-refractivity contribution in [1.29, 1.82) is 0 Å². The Hall–Kier alpha value is -1.56. The highest BCUT2D eigenvalue weighted by Crippen LogP contribution is 2.24. The number of carbonyl (C=O) groups is 1. The van der Waals surface area contributed by atoms with Crippen LogP contribution in [-0.2, 0) is 13.1 Å². The molecule has 0 unspecified atom stereocenters. The fourth-order valence-electron chi connectivity index (χ4n) is 1.95. The molecular formula is C15H16Cl2N2O3. The van der Waals surface area contributed by atoms with E-state index < -0.39 is 5.97 Å². The number of aromatic nitrogens is 1. The molecule has 0 atom stereocenters. The largest absolute Gasteiger partial charge is 0.476 e. The topological polar surface area (TPSA) is 66.6 Å². The zero-order valence-corrected chi connectivity index (χ0v) is 13.7. The molecule has 0 amide bonds. The summed E-state index contributed by atoms with van der Waals surface area (Å²) in [6.45, 7) is 5.11. The van der Waals surface area contributed by atoms with Gasteiger partial charge in [-0.25, -0.2) is 9.78 Å². The lowest BCUT2D eigenvalue weighted by Crippen LogP contribution is -2.30. The molecule has 0 saturated carbocycles. The van der Waals surface area contributed by atoms with Gasteiger partial charge in [-0.15, -0.1) is 0 Å². The van der Waals surface area contributed by atoms with Gasteiger partial charge in [-0.2, -0.15) is 0 Å². The summed E-state index contributed by atoms with van der Waals surface area (Å²) in [5.41, 5.74) is 0.918. The molecule has 1 aromatic carbocycles. The van der Waals surface area contributed by atoms with Crippen LogP contribution in [0.1, 0.15) is 35.8 Å². The Bertz CT molecular complexity index is 671. The normalized spacial score (nSPS) is 11.4. The van der Waals surface area contributed by atoms with Crippen LogP contribution in [0, 0.1) is 0 Å². The van der Waals surface area contributed by atoms with E-state index in [0.717, 1.165) is 11.8 Å². The first-order valence-corrected chi connectivity index (χ1v) is 7.48. The number of halogens is 2. The summed E-state index contributed by atoms with van der Waals surface area (Å²) >= 11 is 11.9. The van der Waals surface area contributed by atoms with Crippen LogP contribution in [0.2, 0.25) is 10.0 Å². The average Bonchev–Trinajstić information content (AvgIpc) is 2.91. The van der Waals surface area contributed by atoms with Crippen LogP contribution < -0.4 is 0 Å². The predicted octanol–water partition coefficient (Wildman–Crippen LogP) is 4.09. The summed E-state index contributed by atoms with van der Waals surface area (Å²) in [6, 6.07) is 5.69. The molecule has 1 aromatic heterocycles. The maximum atomic E-state index is 10.8. The molecule has 118 valence electrons. The fourth-order valence-corrected chi connectivity index (χ4v) is 2.27. The van der Waals surface area contributed by atoms with Crippen LogP contribution in [0.5, 0.6) is 0 Å². The molecule has 5 nitrogen and oxygen atoms in total. The van der Waals surface area contributed by atoms with Crippen LogP contribution in [0.25, 0.3) is 0 Å². The van der Waals surface area contributed by atoms with Gasteiger partial charge in [-0.1, -0.05) is 29.3 Å². The van der Waals surface area contributed by atoms with E-state index in [4.69, 9.17) is 32.7 Å². The summed E-state index contributed by atoms with van der Waals surface area (Å²) in [6.07, 6.45) is 1.15. The Kier molecular flexibility index (Phi) is 5.45. The maximum absolute atomic E-state index is 10.8. The molecule has 1 heterocycles. The minimum Gasteiger partial charge on any atom is -0.476 e. The van der Waals surface area contributed by atoms with Gasteiger partial charge in [0.25, 0.3) is 0 Å². The maximum Gasteiger partial charge on any atom is 0.357 e. The highest BCUT2D eigenvalue weighted by molar-refractivity contribution is 6.42. The molecule has 0 spiro atoms. The molecule has 1 N–H and O–H groups in total. The van der Waals surface area contributed by atoms with Crippen molar-refractivity contribution in [2.24, 2.45) is 0 Å². The molecule has 2 aromatic rings. The first kappa shape index (κ1) is 16.8. The number of oxazole rings is 1. The highest BCUT2D eigenvalue weighted by Gasteiger charge is 2.17. The minimum atomic E-state index is -1.10. The van der Waals surface area contributed by atoms with Crippen molar-refractivity contribution in [2.45, 2.75) is 33.0 Å². The van der Waals surface area contributed by atoms with E-state index in [9.17, 15) is 4.79 Å². The van der Waals surface area contributed by atoms with Crippen molar-refractivity contribution in [1.82, 2.24) is 9.88 Å². The van der Waals surface area contributed by atoms with Crippen molar-refractivity contribution in [3.63, 3.8) is 0 Å². The lowest BCUT2D eigenvalue weighted by atomic mass is 10.2.